The maximum absolute atomic E-state index is 6.46. The van der Waals surface area contributed by atoms with Crippen molar-refractivity contribution < 1.29 is 0 Å². The van der Waals surface area contributed by atoms with Gasteiger partial charge in [-0.25, -0.2) is 0 Å². The summed E-state index contributed by atoms with van der Waals surface area (Å²) < 4.78 is 0.854. The largest absolute Gasteiger partial charge is 0.321 e. The zero-order chi connectivity index (χ0) is 10.9. The molecule has 0 radical (unpaired) electrons. The van der Waals surface area contributed by atoms with Crippen LogP contribution in [0.1, 0.15) is 43.9 Å². The Morgan fingerprint density at radius 1 is 1.47 bits per heavy atom. The molecule has 1 heterocycles. The van der Waals surface area contributed by atoms with Crippen LogP contribution >= 0.6 is 22.9 Å². The molecule has 1 nitrogen and oxygen atoms in total. The first-order chi connectivity index (χ1) is 7.14. The summed E-state index contributed by atoms with van der Waals surface area (Å²) >= 11 is 7.60. The highest BCUT2D eigenvalue weighted by Crippen LogP contribution is 2.41. The third-order valence-corrected chi connectivity index (χ3v) is 5.09. The van der Waals surface area contributed by atoms with Crippen LogP contribution < -0.4 is 5.73 Å². The van der Waals surface area contributed by atoms with Crippen LogP contribution in [0.25, 0.3) is 0 Å². The van der Waals surface area contributed by atoms with Crippen molar-refractivity contribution >= 4 is 22.9 Å². The topological polar surface area (TPSA) is 26.0 Å². The van der Waals surface area contributed by atoms with E-state index in [9.17, 15) is 0 Å². The quantitative estimate of drug-likeness (QED) is 0.830. The number of halogens is 1. The first-order valence-corrected chi connectivity index (χ1v) is 6.88. The SMILES string of the molecule is CCC1CCC(N)(c2ccc(Cl)s2)CC1. The smallest absolute Gasteiger partial charge is 0.0931 e. The third kappa shape index (κ3) is 2.38. The van der Waals surface area contributed by atoms with Gasteiger partial charge < -0.3 is 5.73 Å². The molecule has 1 fully saturated rings. The highest BCUT2D eigenvalue weighted by molar-refractivity contribution is 7.16. The second kappa shape index (κ2) is 4.44. The van der Waals surface area contributed by atoms with E-state index in [-0.39, 0.29) is 5.54 Å². The number of hydrogen-bond donors (Lipinski definition) is 1. The Morgan fingerprint density at radius 2 is 2.13 bits per heavy atom. The molecule has 2 N–H and O–H groups in total. The van der Waals surface area contributed by atoms with Crippen molar-refractivity contribution in [2.75, 3.05) is 0 Å². The van der Waals surface area contributed by atoms with Crippen molar-refractivity contribution in [2.45, 2.75) is 44.6 Å². The first kappa shape index (κ1) is 11.4. The molecule has 0 bridgehead atoms. The van der Waals surface area contributed by atoms with Crippen LogP contribution in [0.5, 0.6) is 0 Å². The van der Waals surface area contributed by atoms with Gasteiger partial charge in [-0.05, 0) is 43.7 Å². The van der Waals surface area contributed by atoms with Gasteiger partial charge in [-0.15, -0.1) is 11.3 Å². The molecule has 15 heavy (non-hydrogen) atoms. The van der Waals surface area contributed by atoms with Gasteiger partial charge in [-0.1, -0.05) is 24.9 Å². The molecule has 1 aromatic heterocycles. The Hall–Kier alpha value is -0.0500. The maximum Gasteiger partial charge on any atom is 0.0931 e. The highest BCUT2D eigenvalue weighted by atomic mass is 35.5. The van der Waals surface area contributed by atoms with Gasteiger partial charge >= 0.3 is 0 Å². The lowest BCUT2D eigenvalue weighted by Crippen LogP contribution is -2.39. The van der Waals surface area contributed by atoms with Crippen LogP contribution in [0.4, 0.5) is 0 Å². The van der Waals surface area contributed by atoms with Gasteiger partial charge in [0.15, 0.2) is 0 Å². The molecular weight excluding hydrogens is 226 g/mol. The molecule has 0 aromatic carbocycles. The van der Waals surface area contributed by atoms with Crippen molar-refractivity contribution in [1.82, 2.24) is 0 Å². The van der Waals surface area contributed by atoms with Crippen LogP contribution in [0, 0.1) is 5.92 Å². The fourth-order valence-corrected chi connectivity index (χ4v) is 3.63. The zero-order valence-electron chi connectivity index (χ0n) is 9.13. The van der Waals surface area contributed by atoms with E-state index >= 15 is 0 Å². The molecule has 0 saturated heterocycles. The second-order valence-corrected chi connectivity index (χ2v) is 6.33. The Balaban J connectivity index is 2.09. The Kier molecular flexibility index (Phi) is 3.39. The number of nitrogens with two attached hydrogens (primary N) is 1. The van der Waals surface area contributed by atoms with Crippen molar-refractivity contribution in [1.29, 1.82) is 0 Å². The minimum absolute atomic E-state index is 0.0938. The summed E-state index contributed by atoms with van der Waals surface area (Å²) in [5.74, 6) is 0.886. The summed E-state index contributed by atoms with van der Waals surface area (Å²) in [6, 6.07) is 4.06. The van der Waals surface area contributed by atoms with Gasteiger partial charge in [0, 0.05) is 4.88 Å². The Bertz CT molecular complexity index is 326. The van der Waals surface area contributed by atoms with Crippen LogP contribution in [-0.2, 0) is 5.54 Å². The van der Waals surface area contributed by atoms with E-state index in [0.717, 1.165) is 23.1 Å². The van der Waals surface area contributed by atoms with E-state index < -0.39 is 0 Å². The second-order valence-electron chi connectivity index (χ2n) is 4.61. The monoisotopic (exact) mass is 243 g/mol. The normalized spacial score (nSPS) is 31.8. The summed E-state index contributed by atoms with van der Waals surface area (Å²) in [7, 11) is 0. The van der Waals surface area contributed by atoms with Gasteiger partial charge in [0.25, 0.3) is 0 Å². The van der Waals surface area contributed by atoms with Crippen LogP contribution in [-0.4, -0.2) is 0 Å². The molecule has 84 valence electrons. The van der Waals surface area contributed by atoms with Gasteiger partial charge in [-0.3, -0.25) is 0 Å². The molecule has 1 aliphatic carbocycles. The van der Waals surface area contributed by atoms with Gasteiger partial charge in [0.2, 0.25) is 0 Å². The molecule has 0 spiro atoms. The molecule has 2 rings (SSSR count). The molecule has 1 aliphatic rings. The summed E-state index contributed by atoms with van der Waals surface area (Å²) in [6.45, 7) is 2.27. The fraction of sp³-hybridized carbons (Fsp3) is 0.667. The van der Waals surface area contributed by atoms with Crippen molar-refractivity contribution in [3.63, 3.8) is 0 Å². The predicted molar refractivity (Wildman–Crippen MR) is 67.4 cm³/mol. The summed E-state index contributed by atoms with van der Waals surface area (Å²) in [4.78, 5) is 1.27. The Labute approximate surface area is 101 Å². The standard InChI is InChI=1S/C12H18ClNS/c1-2-9-5-7-12(14,8-6-9)10-3-4-11(13)15-10/h3-4,9H,2,5-8,14H2,1H3. The van der Waals surface area contributed by atoms with Gasteiger partial charge in [0.05, 0.1) is 9.88 Å². The average molecular weight is 244 g/mol. The molecule has 0 aliphatic heterocycles. The lowest BCUT2D eigenvalue weighted by Gasteiger charge is -2.36. The third-order valence-electron chi connectivity index (χ3n) is 3.64. The van der Waals surface area contributed by atoms with E-state index in [1.807, 2.05) is 6.07 Å². The van der Waals surface area contributed by atoms with Crippen LogP contribution in [0.3, 0.4) is 0 Å². The van der Waals surface area contributed by atoms with E-state index in [2.05, 4.69) is 13.0 Å². The summed E-state index contributed by atoms with van der Waals surface area (Å²) in [5.41, 5.74) is 6.37. The summed E-state index contributed by atoms with van der Waals surface area (Å²) in [5, 5.41) is 0. The highest BCUT2D eigenvalue weighted by Gasteiger charge is 2.33. The van der Waals surface area contributed by atoms with Crippen LogP contribution in [0.2, 0.25) is 4.34 Å². The van der Waals surface area contributed by atoms with Gasteiger partial charge in [-0.2, -0.15) is 0 Å². The molecule has 0 atom stereocenters. The van der Waals surface area contributed by atoms with Crippen molar-refractivity contribution in [3.05, 3.63) is 21.3 Å². The molecular formula is C12H18ClNS. The number of hydrogen-bond acceptors (Lipinski definition) is 2. The molecule has 0 unspecified atom stereocenters. The first-order valence-electron chi connectivity index (χ1n) is 5.69. The fourth-order valence-electron chi connectivity index (χ4n) is 2.43. The number of rotatable bonds is 2. The molecule has 0 amide bonds. The minimum Gasteiger partial charge on any atom is -0.321 e. The van der Waals surface area contributed by atoms with Gasteiger partial charge in [0.1, 0.15) is 0 Å². The van der Waals surface area contributed by atoms with E-state index in [4.69, 9.17) is 17.3 Å². The van der Waals surface area contributed by atoms with E-state index in [1.165, 1.54) is 24.1 Å². The average Bonchev–Trinajstić information content (AvgIpc) is 2.67. The molecule has 3 heteroatoms. The number of thiophene rings is 1. The van der Waals surface area contributed by atoms with Crippen molar-refractivity contribution in [2.24, 2.45) is 11.7 Å². The van der Waals surface area contributed by atoms with E-state index in [1.54, 1.807) is 11.3 Å². The molecule has 1 saturated carbocycles. The predicted octanol–water partition coefficient (Wildman–Crippen LogP) is 4.16. The maximum atomic E-state index is 6.46. The Morgan fingerprint density at radius 3 is 2.60 bits per heavy atom. The lowest BCUT2D eigenvalue weighted by molar-refractivity contribution is 0.235. The van der Waals surface area contributed by atoms with E-state index in [0.29, 0.717) is 0 Å². The lowest BCUT2D eigenvalue weighted by atomic mass is 9.75. The van der Waals surface area contributed by atoms with Crippen LogP contribution in [0.15, 0.2) is 12.1 Å². The summed E-state index contributed by atoms with van der Waals surface area (Å²) in [6.07, 6.45) is 6.05. The minimum atomic E-state index is -0.0938. The zero-order valence-corrected chi connectivity index (χ0v) is 10.7. The van der Waals surface area contributed by atoms with Crippen molar-refractivity contribution in [3.8, 4) is 0 Å². The molecule has 1 aromatic rings.